The topological polar surface area (TPSA) is 245 Å². The maximum atomic E-state index is 12.6. The molecule has 15 heteroatoms. The largest absolute Gasteiger partial charge is 0.481 e. The minimum Gasteiger partial charge on any atom is -0.481 e. The highest BCUT2D eigenvalue weighted by molar-refractivity contribution is 5.93. The molecule has 2 heterocycles. The fourth-order valence-electron chi connectivity index (χ4n) is 2.74. The van der Waals surface area contributed by atoms with Gasteiger partial charge in [-0.15, -0.1) is 0 Å². The van der Waals surface area contributed by atoms with Crippen LogP contribution in [-0.2, 0) is 36.8 Å². The summed E-state index contributed by atoms with van der Waals surface area (Å²) in [6.07, 6.45) is 5.10. The lowest BCUT2D eigenvalue weighted by Crippen LogP contribution is -2.54. The number of hydrogen-bond acceptors (Lipinski definition) is 8. The number of rotatable bonds is 13. The molecule has 0 saturated heterocycles. The first-order chi connectivity index (χ1) is 15.7. The van der Waals surface area contributed by atoms with Crippen molar-refractivity contribution < 1.29 is 34.2 Å². The van der Waals surface area contributed by atoms with E-state index in [1.54, 1.807) is 0 Å². The number of aromatic amines is 2. The van der Waals surface area contributed by atoms with Gasteiger partial charge in [0, 0.05) is 36.6 Å². The quantitative estimate of drug-likeness (QED) is 0.148. The van der Waals surface area contributed by atoms with E-state index in [2.05, 4.69) is 30.6 Å². The molecule has 3 unspecified atom stereocenters. The highest BCUT2D eigenvalue weighted by Crippen LogP contribution is 2.02. The van der Waals surface area contributed by atoms with E-state index in [4.69, 9.17) is 15.9 Å². The molecule has 0 bridgehead atoms. The minimum atomic E-state index is -1.66. The summed E-state index contributed by atoms with van der Waals surface area (Å²) in [5.41, 5.74) is 7.04. The predicted octanol–water partition coefficient (Wildman–Crippen LogP) is -3.11. The second-order valence-electron chi connectivity index (χ2n) is 7.00. The zero-order valence-corrected chi connectivity index (χ0v) is 17.3. The maximum Gasteiger partial charge on any atom is 0.326 e. The number of imidazole rings is 2. The van der Waals surface area contributed by atoms with Gasteiger partial charge in [0.1, 0.15) is 12.1 Å². The van der Waals surface area contributed by atoms with Crippen molar-refractivity contribution in [3.05, 3.63) is 36.4 Å². The van der Waals surface area contributed by atoms with Crippen LogP contribution in [0, 0.1) is 0 Å². The van der Waals surface area contributed by atoms with Crippen molar-refractivity contribution >= 4 is 29.7 Å². The molecular formula is C18H24N8O7. The number of nitrogens with two attached hydrogens (primary N) is 1. The van der Waals surface area contributed by atoms with Crippen LogP contribution in [0.25, 0.3) is 0 Å². The Morgan fingerprint density at radius 3 is 2.03 bits per heavy atom. The first-order valence-electron chi connectivity index (χ1n) is 9.67. The molecule has 9 N–H and O–H groups in total. The van der Waals surface area contributed by atoms with Crippen LogP contribution in [0.1, 0.15) is 17.8 Å². The Labute approximate surface area is 186 Å². The summed E-state index contributed by atoms with van der Waals surface area (Å²) >= 11 is 0. The van der Waals surface area contributed by atoms with Crippen molar-refractivity contribution in [3.63, 3.8) is 0 Å². The third-order valence-electron chi connectivity index (χ3n) is 4.38. The number of aliphatic carboxylic acids is 2. The van der Waals surface area contributed by atoms with E-state index < -0.39 is 60.8 Å². The Kier molecular flexibility index (Phi) is 9.05. The highest BCUT2D eigenvalue weighted by atomic mass is 16.4. The van der Waals surface area contributed by atoms with Crippen molar-refractivity contribution in [2.75, 3.05) is 6.54 Å². The molecule has 3 amide bonds. The Bertz CT molecular complexity index is 961. The lowest BCUT2D eigenvalue weighted by Gasteiger charge is -2.20. The van der Waals surface area contributed by atoms with Gasteiger partial charge in [-0.05, 0) is 0 Å². The molecule has 0 saturated carbocycles. The molecule has 2 rings (SSSR count). The van der Waals surface area contributed by atoms with Crippen LogP contribution in [-0.4, -0.2) is 84.5 Å². The molecule has 0 aliphatic carbocycles. The highest BCUT2D eigenvalue weighted by Gasteiger charge is 2.27. The van der Waals surface area contributed by atoms with E-state index in [0.29, 0.717) is 11.4 Å². The molecule has 2 aromatic heterocycles. The second-order valence-corrected chi connectivity index (χ2v) is 7.00. The van der Waals surface area contributed by atoms with Crippen molar-refractivity contribution in [1.29, 1.82) is 0 Å². The summed E-state index contributed by atoms with van der Waals surface area (Å²) in [6.45, 7) is -0.641. The molecule has 0 aromatic carbocycles. The Balaban J connectivity index is 1.97. The lowest BCUT2D eigenvalue weighted by atomic mass is 10.1. The first kappa shape index (κ1) is 25.0. The van der Waals surface area contributed by atoms with Crippen LogP contribution in [0.15, 0.2) is 25.0 Å². The lowest BCUT2D eigenvalue weighted by molar-refractivity contribution is -0.147. The summed E-state index contributed by atoms with van der Waals surface area (Å²) in [5.74, 6) is -5.24. The van der Waals surface area contributed by atoms with Crippen LogP contribution in [0.3, 0.4) is 0 Å². The zero-order valence-electron chi connectivity index (χ0n) is 17.3. The molecular weight excluding hydrogens is 440 g/mol. The van der Waals surface area contributed by atoms with Crippen molar-refractivity contribution in [2.45, 2.75) is 37.4 Å². The van der Waals surface area contributed by atoms with Crippen molar-refractivity contribution in [1.82, 2.24) is 35.9 Å². The van der Waals surface area contributed by atoms with E-state index >= 15 is 0 Å². The maximum absolute atomic E-state index is 12.6. The molecule has 33 heavy (non-hydrogen) atoms. The van der Waals surface area contributed by atoms with E-state index in [9.17, 15) is 24.0 Å². The normalized spacial score (nSPS) is 13.4. The molecule has 2 aromatic rings. The zero-order chi connectivity index (χ0) is 24.4. The fraction of sp³-hybridized carbons (Fsp3) is 0.389. The van der Waals surface area contributed by atoms with Crippen molar-refractivity contribution in [3.8, 4) is 0 Å². The van der Waals surface area contributed by atoms with E-state index in [1.165, 1.54) is 25.0 Å². The summed E-state index contributed by atoms with van der Waals surface area (Å²) in [4.78, 5) is 72.2. The number of carboxylic acid groups (broad SMARTS) is 2. The smallest absolute Gasteiger partial charge is 0.326 e. The van der Waals surface area contributed by atoms with Crippen LogP contribution >= 0.6 is 0 Å². The summed E-state index contributed by atoms with van der Waals surface area (Å²) in [7, 11) is 0. The number of nitrogens with one attached hydrogen (secondary N) is 5. The number of aromatic nitrogens is 4. The molecule has 0 fully saturated rings. The molecule has 178 valence electrons. The van der Waals surface area contributed by atoms with E-state index in [1.807, 2.05) is 5.32 Å². The molecule has 3 atom stereocenters. The Hall–Kier alpha value is -4.27. The summed E-state index contributed by atoms with van der Waals surface area (Å²) in [6, 6.07) is -3.78. The number of amides is 3. The number of carboxylic acids is 2. The first-order valence-corrected chi connectivity index (χ1v) is 9.67. The SMILES string of the molecule is NC(Cc1cnc[nH]1)C(=O)NC(Cc1cnc[nH]1)C(=O)NCC(=O)NC(CC(=O)O)C(=O)O. The number of H-pyrrole nitrogens is 2. The summed E-state index contributed by atoms with van der Waals surface area (Å²) < 4.78 is 0. The average molecular weight is 464 g/mol. The molecule has 0 aliphatic rings. The Morgan fingerprint density at radius 2 is 1.52 bits per heavy atom. The molecule has 15 nitrogen and oxygen atoms in total. The van der Waals surface area contributed by atoms with Crippen molar-refractivity contribution in [2.24, 2.45) is 5.73 Å². The van der Waals surface area contributed by atoms with Gasteiger partial charge in [-0.3, -0.25) is 19.2 Å². The van der Waals surface area contributed by atoms with Crippen LogP contribution < -0.4 is 21.7 Å². The van der Waals surface area contributed by atoms with Gasteiger partial charge in [0.25, 0.3) is 0 Å². The van der Waals surface area contributed by atoms with Gasteiger partial charge < -0.3 is 41.9 Å². The van der Waals surface area contributed by atoms with E-state index in [0.717, 1.165) is 0 Å². The average Bonchev–Trinajstić information content (AvgIpc) is 3.44. The van der Waals surface area contributed by atoms with Gasteiger partial charge in [0.15, 0.2) is 0 Å². The number of hydrogen-bond donors (Lipinski definition) is 8. The third kappa shape index (κ3) is 8.41. The predicted molar refractivity (Wildman–Crippen MR) is 109 cm³/mol. The Morgan fingerprint density at radius 1 is 0.909 bits per heavy atom. The van der Waals surface area contributed by atoms with Crippen LogP contribution in [0.4, 0.5) is 0 Å². The van der Waals surface area contributed by atoms with Gasteiger partial charge >= 0.3 is 11.9 Å². The van der Waals surface area contributed by atoms with E-state index in [-0.39, 0.29) is 12.8 Å². The van der Waals surface area contributed by atoms with Gasteiger partial charge in [0.05, 0.1) is 31.7 Å². The van der Waals surface area contributed by atoms with Crippen LogP contribution in [0.2, 0.25) is 0 Å². The monoisotopic (exact) mass is 464 g/mol. The van der Waals surface area contributed by atoms with Gasteiger partial charge in [-0.1, -0.05) is 0 Å². The number of nitrogens with zero attached hydrogens (tertiary/aromatic N) is 2. The van der Waals surface area contributed by atoms with Gasteiger partial charge in [0.2, 0.25) is 17.7 Å². The number of carbonyl (C=O) groups is 5. The summed E-state index contributed by atoms with van der Waals surface area (Å²) in [5, 5.41) is 24.5. The minimum absolute atomic E-state index is 0.00668. The third-order valence-corrected chi connectivity index (χ3v) is 4.38. The van der Waals surface area contributed by atoms with Crippen LogP contribution in [0.5, 0.6) is 0 Å². The molecule has 0 radical (unpaired) electrons. The van der Waals surface area contributed by atoms with Gasteiger partial charge in [-0.2, -0.15) is 0 Å². The second kappa shape index (κ2) is 11.9. The fourth-order valence-corrected chi connectivity index (χ4v) is 2.74. The van der Waals surface area contributed by atoms with Gasteiger partial charge in [-0.25, -0.2) is 14.8 Å². The number of carbonyl (C=O) groups excluding carboxylic acids is 3. The standard InChI is InChI=1S/C18H24N8O7/c19-11(1-9-4-20-7-23-9)16(30)26-12(2-10-5-21-8-24-10)17(31)22-6-14(27)25-13(18(32)33)3-15(28)29/h4-5,7-8,11-13H,1-3,6,19H2,(H,20,23)(H,21,24)(H,22,31)(H,25,27)(H,26,30)(H,28,29)(H,32,33). The molecule has 0 aliphatic heterocycles. The molecule has 0 spiro atoms.